The maximum absolute atomic E-state index is 12.8. The Kier molecular flexibility index (Phi) is 5.24. The Bertz CT molecular complexity index is 577. The predicted molar refractivity (Wildman–Crippen MR) is 89.6 cm³/mol. The second-order valence-corrected chi connectivity index (χ2v) is 6.99. The molecule has 3 atom stereocenters. The van der Waals surface area contributed by atoms with Gasteiger partial charge in [-0.25, -0.2) is 0 Å². The number of carbonyl (C=O) groups excluding carboxylic acids is 1. The second-order valence-electron chi connectivity index (χ2n) is 6.62. The van der Waals surface area contributed by atoms with Gasteiger partial charge in [-0.1, -0.05) is 29.8 Å². The van der Waals surface area contributed by atoms with E-state index in [0.717, 1.165) is 30.5 Å². The quantitative estimate of drug-likeness (QED) is 0.922. The van der Waals surface area contributed by atoms with Crippen molar-refractivity contribution in [3.8, 4) is 0 Å². The van der Waals surface area contributed by atoms with E-state index in [-0.39, 0.29) is 24.0 Å². The van der Waals surface area contributed by atoms with E-state index >= 15 is 0 Å². The Morgan fingerprint density at radius 2 is 2.26 bits per heavy atom. The number of benzene rings is 1. The fourth-order valence-corrected chi connectivity index (χ4v) is 3.97. The molecule has 3 unspecified atom stereocenters. The Hall–Kier alpha value is -1.10. The van der Waals surface area contributed by atoms with E-state index in [9.17, 15) is 9.90 Å². The molecular formula is C18H24ClNO3. The molecule has 4 nitrogen and oxygen atoms in total. The van der Waals surface area contributed by atoms with Crippen LogP contribution in [0.5, 0.6) is 0 Å². The van der Waals surface area contributed by atoms with E-state index in [1.165, 1.54) is 0 Å². The maximum Gasteiger partial charge on any atom is 0.227 e. The third kappa shape index (κ3) is 3.54. The summed E-state index contributed by atoms with van der Waals surface area (Å²) in [6, 6.07) is 5.88. The summed E-state index contributed by atoms with van der Waals surface area (Å²) in [7, 11) is 0. The molecule has 5 heteroatoms. The Labute approximate surface area is 142 Å². The van der Waals surface area contributed by atoms with Crippen molar-refractivity contribution >= 4 is 17.5 Å². The van der Waals surface area contributed by atoms with Crippen LogP contribution in [0.3, 0.4) is 0 Å². The minimum atomic E-state index is -0.371. The number of hydrogen-bond acceptors (Lipinski definition) is 3. The third-order valence-electron chi connectivity index (χ3n) is 5.09. The summed E-state index contributed by atoms with van der Waals surface area (Å²) in [5, 5.41) is 10.9. The minimum absolute atomic E-state index is 0.0307. The number of hydrogen-bond donors (Lipinski definition) is 1. The van der Waals surface area contributed by atoms with Crippen LogP contribution in [-0.2, 0) is 16.0 Å². The van der Waals surface area contributed by atoms with Crippen molar-refractivity contribution in [1.29, 1.82) is 0 Å². The fourth-order valence-electron chi connectivity index (χ4n) is 3.77. The Morgan fingerprint density at radius 1 is 1.43 bits per heavy atom. The summed E-state index contributed by atoms with van der Waals surface area (Å²) in [6.45, 7) is 3.86. The average molecular weight is 338 g/mol. The molecule has 0 spiro atoms. The highest BCUT2D eigenvalue weighted by atomic mass is 35.5. The minimum Gasteiger partial charge on any atom is -0.393 e. The first-order valence-corrected chi connectivity index (χ1v) is 8.75. The summed E-state index contributed by atoms with van der Waals surface area (Å²) in [4.78, 5) is 14.7. The number of rotatable bonds is 3. The monoisotopic (exact) mass is 337 g/mol. The van der Waals surface area contributed by atoms with Crippen LogP contribution in [0, 0.1) is 12.8 Å². The van der Waals surface area contributed by atoms with E-state index in [2.05, 4.69) is 0 Å². The summed E-state index contributed by atoms with van der Waals surface area (Å²) in [6.07, 6.45) is 2.54. The zero-order valence-electron chi connectivity index (χ0n) is 13.5. The second kappa shape index (κ2) is 7.20. The van der Waals surface area contributed by atoms with Crippen LogP contribution >= 0.6 is 11.6 Å². The molecule has 1 aromatic rings. The zero-order valence-corrected chi connectivity index (χ0v) is 14.3. The molecule has 2 aliphatic rings. The number of aliphatic hydroxyl groups is 1. The predicted octanol–water partition coefficient (Wildman–Crippen LogP) is 2.58. The third-order valence-corrected chi connectivity index (χ3v) is 5.63. The molecule has 2 aliphatic heterocycles. The highest BCUT2D eigenvalue weighted by Gasteiger charge is 2.39. The van der Waals surface area contributed by atoms with E-state index < -0.39 is 0 Å². The highest BCUT2D eigenvalue weighted by molar-refractivity contribution is 6.32. The van der Waals surface area contributed by atoms with Crippen LogP contribution in [0.4, 0.5) is 0 Å². The molecule has 1 aromatic carbocycles. The first kappa shape index (κ1) is 16.7. The number of ether oxygens (including phenoxy) is 1. The van der Waals surface area contributed by atoms with E-state index in [1.807, 2.05) is 30.0 Å². The first-order chi connectivity index (χ1) is 11.1. The molecule has 0 bridgehead atoms. The van der Waals surface area contributed by atoms with Crippen LogP contribution in [-0.4, -0.2) is 47.8 Å². The fraction of sp³-hybridized carbons (Fsp3) is 0.611. The molecule has 2 fully saturated rings. The zero-order chi connectivity index (χ0) is 16.4. The van der Waals surface area contributed by atoms with Gasteiger partial charge in [0, 0.05) is 30.1 Å². The average Bonchev–Trinajstić information content (AvgIpc) is 3.02. The van der Waals surface area contributed by atoms with Crippen molar-refractivity contribution in [2.45, 2.75) is 44.8 Å². The van der Waals surface area contributed by atoms with Gasteiger partial charge in [-0.15, -0.1) is 0 Å². The number of amides is 1. The van der Waals surface area contributed by atoms with Gasteiger partial charge in [0.05, 0.1) is 19.1 Å². The van der Waals surface area contributed by atoms with E-state index in [4.69, 9.17) is 16.3 Å². The molecule has 1 amide bonds. The Morgan fingerprint density at radius 3 is 3.04 bits per heavy atom. The van der Waals surface area contributed by atoms with Crippen LogP contribution in [0.1, 0.15) is 30.4 Å². The molecule has 0 aromatic heterocycles. The lowest BCUT2D eigenvalue weighted by Gasteiger charge is -2.37. The molecule has 2 heterocycles. The molecule has 0 aliphatic carbocycles. The largest absolute Gasteiger partial charge is 0.393 e. The van der Waals surface area contributed by atoms with Crippen LogP contribution in [0.15, 0.2) is 18.2 Å². The molecule has 2 saturated heterocycles. The lowest BCUT2D eigenvalue weighted by molar-refractivity contribution is -0.135. The van der Waals surface area contributed by atoms with Gasteiger partial charge in [-0.2, -0.15) is 0 Å². The van der Waals surface area contributed by atoms with Gasteiger partial charge in [-0.05, 0) is 37.3 Å². The van der Waals surface area contributed by atoms with Crippen molar-refractivity contribution < 1.29 is 14.6 Å². The van der Waals surface area contributed by atoms with Gasteiger partial charge in [0.2, 0.25) is 5.91 Å². The smallest absolute Gasteiger partial charge is 0.227 e. The van der Waals surface area contributed by atoms with E-state index in [1.54, 1.807) is 0 Å². The van der Waals surface area contributed by atoms with Crippen LogP contribution in [0.25, 0.3) is 0 Å². The molecule has 23 heavy (non-hydrogen) atoms. The number of carbonyl (C=O) groups is 1. The lowest BCUT2D eigenvalue weighted by atomic mass is 9.89. The first-order valence-electron chi connectivity index (χ1n) is 8.37. The SMILES string of the molecule is Cc1cccc(CC(=O)N2CCCC2C2COCCC2O)c1Cl. The maximum atomic E-state index is 12.8. The van der Waals surface area contributed by atoms with Gasteiger partial charge < -0.3 is 14.7 Å². The number of aliphatic hydroxyl groups excluding tert-OH is 1. The van der Waals surface area contributed by atoms with Gasteiger partial charge >= 0.3 is 0 Å². The van der Waals surface area contributed by atoms with Crippen LogP contribution < -0.4 is 0 Å². The van der Waals surface area contributed by atoms with Crippen molar-refractivity contribution in [2.24, 2.45) is 5.92 Å². The summed E-state index contributed by atoms with van der Waals surface area (Å²) in [5.41, 5.74) is 1.87. The highest BCUT2D eigenvalue weighted by Crippen LogP contribution is 2.31. The normalized spacial score (nSPS) is 28.1. The topological polar surface area (TPSA) is 49.8 Å². The van der Waals surface area contributed by atoms with Gasteiger partial charge in [-0.3, -0.25) is 4.79 Å². The number of likely N-dealkylation sites (tertiary alicyclic amines) is 1. The van der Waals surface area contributed by atoms with Crippen molar-refractivity contribution in [3.63, 3.8) is 0 Å². The summed E-state index contributed by atoms with van der Waals surface area (Å²) in [5.74, 6) is 0.126. The van der Waals surface area contributed by atoms with Gasteiger partial charge in [0.25, 0.3) is 0 Å². The molecule has 0 saturated carbocycles. The van der Waals surface area contributed by atoms with Gasteiger partial charge in [0.15, 0.2) is 0 Å². The standard InChI is InChI=1S/C18H24ClNO3/c1-12-4-2-5-13(18(12)19)10-17(22)20-8-3-6-15(20)14-11-23-9-7-16(14)21/h2,4-5,14-16,21H,3,6-11H2,1H3. The molecule has 0 radical (unpaired) electrons. The van der Waals surface area contributed by atoms with Crippen molar-refractivity contribution in [2.75, 3.05) is 19.8 Å². The molecule has 126 valence electrons. The summed E-state index contributed by atoms with van der Waals surface area (Å²) >= 11 is 6.32. The summed E-state index contributed by atoms with van der Waals surface area (Å²) < 4.78 is 5.53. The number of halogens is 1. The Balaban J connectivity index is 1.72. The molecular weight excluding hydrogens is 314 g/mol. The number of aryl methyl sites for hydroxylation is 1. The van der Waals surface area contributed by atoms with Crippen molar-refractivity contribution in [3.05, 3.63) is 34.3 Å². The number of nitrogens with zero attached hydrogens (tertiary/aromatic N) is 1. The lowest BCUT2D eigenvalue weighted by Crippen LogP contribution is -2.48. The van der Waals surface area contributed by atoms with Crippen LogP contribution in [0.2, 0.25) is 5.02 Å². The van der Waals surface area contributed by atoms with Gasteiger partial charge in [0.1, 0.15) is 0 Å². The van der Waals surface area contributed by atoms with Crippen molar-refractivity contribution in [1.82, 2.24) is 4.90 Å². The molecule has 1 N–H and O–H groups in total. The van der Waals surface area contributed by atoms with E-state index in [0.29, 0.717) is 31.1 Å². The molecule has 3 rings (SSSR count).